The molecule has 0 saturated heterocycles. The van der Waals surface area contributed by atoms with Crippen LogP contribution in [0.25, 0.3) is 5.70 Å². The fourth-order valence-corrected chi connectivity index (χ4v) is 2.33. The van der Waals surface area contributed by atoms with Crippen molar-refractivity contribution in [2.75, 3.05) is 6.61 Å². The zero-order valence-corrected chi connectivity index (χ0v) is 14.7. The number of alkyl halides is 3. The van der Waals surface area contributed by atoms with Crippen molar-refractivity contribution >= 4 is 11.5 Å². The van der Waals surface area contributed by atoms with E-state index in [0.29, 0.717) is 5.84 Å². The van der Waals surface area contributed by atoms with Crippen LogP contribution in [0.5, 0.6) is 0 Å². The minimum atomic E-state index is -4.49. The van der Waals surface area contributed by atoms with E-state index in [-0.39, 0.29) is 17.9 Å². The van der Waals surface area contributed by atoms with Gasteiger partial charge >= 0.3 is 6.18 Å². The minimum absolute atomic E-state index is 0.197. The Morgan fingerprint density at radius 1 is 1.30 bits per heavy atom. The van der Waals surface area contributed by atoms with Gasteiger partial charge in [-0.05, 0) is 24.6 Å². The van der Waals surface area contributed by atoms with E-state index in [1.807, 2.05) is 30.3 Å². The van der Waals surface area contributed by atoms with Crippen molar-refractivity contribution < 1.29 is 18.3 Å². The van der Waals surface area contributed by atoms with E-state index < -0.39 is 17.8 Å². The second kappa shape index (κ2) is 9.14. The standard InChI is InChI=1S/C20H20F3N3O/c1-3-7-19(26-18(13-27)15-8-5-4-6-9-15)25-14(2)16-10-17(12-24-11-16)20(21,22)23/h3-12,18,27H,2,13H2,1H3,(H,25,26)/b7-3-/t18-/m0/s1. The highest BCUT2D eigenvalue weighted by molar-refractivity contribution is 5.98. The highest BCUT2D eigenvalue weighted by Crippen LogP contribution is 2.29. The SMILES string of the molecule is C=C(NC(/C=C\C)=N[C@@H](CO)c1ccccc1)c1cncc(C(F)(F)F)c1. The van der Waals surface area contributed by atoms with Crippen LogP contribution in [0.4, 0.5) is 13.2 Å². The number of allylic oxidation sites excluding steroid dienone is 1. The zero-order chi connectivity index (χ0) is 19.9. The lowest BCUT2D eigenvalue weighted by Crippen LogP contribution is -2.21. The second-order valence-electron chi connectivity index (χ2n) is 5.69. The normalized spacial score (nSPS) is 13.6. The number of aliphatic hydroxyl groups is 1. The number of aliphatic imine (C=N–C) groups is 1. The van der Waals surface area contributed by atoms with Crippen LogP contribution in [0.15, 0.2) is 72.5 Å². The van der Waals surface area contributed by atoms with Gasteiger partial charge in [-0.15, -0.1) is 0 Å². The summed E-state index contributed by atoms with van der Waals surface area (Å²) in [4.78, 5) is 8.09. The van der Waals surface area contributed by atoms with Crippen molar-refractivity contribution in [1.29, 1.82) is 0 Å². The van der Waals surface area contributed by atoms with Crippen molar-refractivity contribution in [2.24, 2.45) is 4.99 Å². The van der Waals surface area contributed by atoms with Gasteiger partial charge < -0.3 is 10.4 Å². The van der Waals surface area contributed by atoms with Crippen molar-refractivity contribution in [2.45, 2.75) is 19.1 Å². The lowest BCUT2D eigenvalue weighted by Gasteiger charge is -2.15. The highest BCUT2D eigenvalue weighted by Gasteiger charge is 2.31. The van der Waals surface area contributed by atoms with Crippen LogP contribution in [0.1, 0.15) is 29.7 Å². The monoisotopic (exact) mass is 375 g/mol. The summed E-state index contributed by atoms with van der Waals surface area (Å²) >= 11 is 0. The predicted octanol–water partition coefficient (Wildman–Crippen LogP) is 4.37. The van der Waals surface area contributed by atoms with Crippen molar-refractivity contribution in [3.05, 3.63) is 84.2 Å². The van der Waals surface area contributed by atoms with Gasteiger partial charge in [-0.25, -0.2) is 0 Å². The summed E-state index contributed by atoms with van der Waals surface area (Å²) in [5, 5.41) is 12.6. The molecule has 0 spiro atoms. The molecule has 2 N–H and O–H groups in total. The van der Waals surface area contributed by atoms with E-state index in [4.69, 9.17) is 0 Å². The highest BCUT2D eigenvalue weighted by atomic mass is 19.4. The third-order valence-electron chi connectivity index (χ3n) is 3.67. The van der Waals surface area contributed by atoms with Crippen molar-refractivity contribution in [3.8, 4) is 0 Å². The number of hydrogen-bond acceptors (Lipinski definition) is 3. The fraction of sp³-hybridized carbons (Fsp3) is 0.200. The van der Waals surface area contributed by atoms with Crippen LogP contribution < -0.4 is 5.32 Å². The first kappa shape index (κ1) is 20.4. The molecule has 2 rings (SSSR count). The summed E-state index contributed by atoms with van der Waals surface area (Å²) in [5.74, 6) is 0.364. The van der Waals surface area contributed by atoms with Crippen molar-refractivity contribution in [3.63, 3.8) is 0 Å². The average molecular weight is 375 g/mol. The van der Waals surface area contributed by atoms with Crippen LogP contribution in [0.3, 0.4) is 0 Å². The number of amidine groups is 1. The summed E-state index contributed by atoms with van der Waals surface area (Å²) in [6.45, 7) is 5.34. The van der Waals surface area contributed by atoms with Gasteiger partial charge in [-0.3, -0.25) is 9.98 Å². The Hall–Kier alpha value is -2.93. The molecule has 0 aliphatic heterocycles. The minimum Gasteiger partial charge on any atom is -0.394 e. The molecule has 0 amide bonds. The third-order valence-corrected chi connectivity index (χ3v) is 3.67. The van der Waals surface area contributed by atoms with Crippen LogP contribution in [0, 0.1) is 0 Å². The number of nitrogens with one attached hydrogen (secondary N) is 1. The molecule has 4 nitrogen and oxygen atoms in total. The zero-order valence-electron chi connectivity index (χ0n) is 14.7. The van der Waals surface area contributed by atoms with Gasteiger partial charge in [0.25, 0.3) is 0 Å². The lowest BCUT2D eigenvalue weighted by molar-refractivity contribution is -0.137. The first-order valence-corrected chi connectivity index (χ1v) is 8.20. The quantitative estimate of drug-likeness (QED) is 0.582. The molecule has 1 atom stereocenters. The van der Waals surface area contributed by atoms with Gasteiger partial charge in [-0.1, -0.05) is 43.0 Å². The summed E-state index contributed by atoms with van der Waals surface area (Å²) in [6, 6.07) is 9.66. The van der Waals surface area contributed by atoms with Crippen LogP contribution in [-0.2, 0) is 6.18 Å². The molecule has 0 aliphatic carbocycles. The van der Waals surface area contributed by atoms with E-state index in [0.717, 1.165) is 17.8 Å². The number of aliphatic hydroxyl groups excluding tert-OH is 1. The number of nitrogens with zero attached hydrogens (tertiary/aromatic N) is 2. The molecule has 1 heterocycles. The van der Waals surface area contributed by atoms with Crippen LogP contribution >= 0.6 is 0 Å². The predicted molar refractivity (Wildman–Crippen MR) is 99.9 cm³/mol. The first-order chi connectivity index (χ1) is 12.8. The Balaban J connectivity index is 2.26. The smallest absolute Gasteiger partial charge is 0.394 e. The molecular formula is C20H20F3N3O. The Labute approximate surface area is 155 Å². The molecule has 27 heavy (non-hydrogen) atoms. The van der Waals surface area contributed by atoms with E-state index in [1.54, 1.807) is 19.1 Å². The van der Waals surface area contributed by atoms with Gasteiger partial charge in [0.1, 0.15) is 11.9 Å². The Bertz CT molecular complexity index is 830. The molecule has 1 aromatic heterocycles. The van der Waals surface area contributed by atoms with E-state index >= 15 is 0 Å². The molecular weight excluding hydrogens is 355 g/mol. The Morgan fingerprint density at radius 2 is 2.00 bits per heavy atom. The molecule has 0 radical (unpaired) electrons. The maximum atomic E-state index is 12.9. The van der Waals surface area contributed by atoms with Crippen molar-refractivity contribution in [1.82, 2.24) is 10.3 Å². The summed E-state index contributed by atoms with van der Waals surface area (Å²) in [7, 11) is 0. The van der Waals surface area contributed by atoms with E-state index in [1.165, 1.54) is 6.20 Å². The Morgan fingerprint density at radius 3 is 2.59 bits per heavy atom. The number of hydrogen-bond donors (Lipinski definition) is 2. The van der Waals surface area contributed by atoms with Crippen LogP contribution in [0.2, 0.25) is 0 Å². The Kier molecular flexibility index (Phi) is 6.90. The molecule has 0 aliphatic rings. The molecule has 0 saturated carbocycles. The van der Waals surface area contributed by atoms with Gasteiger partial charge in [0.05, 0.1) is 12.2 Å². The topological polar surface area (TPSA) is 57.5 Å². The maximum absolute atomic E-state index is 12.9. The summed E-state index contributed by atoms with van der Waals surface area (Å²) in [6.07, 6.45) is 0.938. The van der Waals surface area contributed by atoms with Crippen LogP contribution in [-0.4, -0.2) is 22.5 Å². The average Bonchev–Trinajstić information content (AvgIpc) is 2.66. The molecule has 7 heteroatoms. The number of halogens is 3. The number of pyridine rings is 1. The summed E-state index contributed by atoms with van der Waals surface area (Å²) < 4.78 is 38.6. The fourth-order valence-electron chi connectivity index (χ4n) is 2.33. The first-order valence-electron chi connectivity index (χ1n) is 8.20. The number of aromatic nitrogens is 1. The number of benzene rings is 1. The van der Waals surface area contributed by atoms with Gasteiger partial charge in [0.2, 0.25) is 0 Å². The van der Waals surface area contributed by atoms with Gasteiger partial charge in [-0.2, -0.15) is 13.2 Å². The number of rotatable bonds is 6. The van der Waals surface area contributed by atoms with E-state index in [2.05, 4.69) is 21.9 Å². The molecule has 0 fully saturated rings. The molecule has 0 bridgehead atoms. The maximum Gasteiger partial charge on any atom is 0.417 e. The van der Waals surface area contributed by atoms with E-state index in [9.17, 15) is 18.3 Å². The molecule has 0 unspecified atom stereocenters. The van der Waals surface area contributed by atoms with Gasteiger partial charge in [0.15, 0.2) is 0 Å². The van der Waals surface area contributed by atoms with Gasteiger partial charge in [0, 0.05) is 23.7 Å². The lowest BCUT2D eigenvalue weighted by atomic mass is 10.1. The molecule has 142 valence electrons. The largest absolute Gasteiger partial charge is 0.417 e. The summed E-state index contributed by atoms with van der Waals surface area (Å²) in [5.41, 5.74) is 0.373. The third kappa shape index (κ3) is 5.79. The second-order valence-corrected chi connectivity index (χ2v) is 5.69. The molecule has 2 aromatic rings. The molecule has 1 aromatic carbocycles.